The zero-order valence-corrected chi connectivity index (χ0v) is 17.8. The third kappa shape index (κ3) is 3.79. The lowest BCUT2D eigenvalue weighted by atomic mass is 10.2. The Kier molecular flexibility index (Phi) is 5.16. The molecule has 5 rings (SSSR count). The van der Waals surface area contributed by atoms with Crippen LogP contribution in [0.15, 0.2) is 68.5 Å². The molecule has 0 unspecified atom stereocenters. The third-order valence-electron chi connectivity index (χ3n) is 4.42. The molecule has 150 valence electrons. The van der Waals surface area contributed by atoms with E-state index in [0.717, 1.165) is 11.3 Å². The molecule has 0 bridgehead atoms. The van der Waals surface area contributed by atoms with Crippen LogP contribution in [0.4, 0.5) is 0 Å². The molecule has 0 fully saturated rings. The molecular weight excluding hydrogens is 442 g/mol. The number of nitrogens with one attached hydrogen (secondary N) is 1. The number of thioether (sulfide) groups is 1. The van der Waals surface area contributed by atoms with E-state index in [-0.39, 0.29) is 5.56 Å². The molecule has 4 heterocycles. The van der Waals surface area contributed by atoms with E-state index in [1.807, 2.05) is 52.4 Å². The van der Waals surface area contributed by atoms with Gasteiger partial charge in [-0.05, 0) is 47.8 Å². The Balaban J connectivity index is 1.47. The summed E-state index contributed by atoms with van der Waals surface area (Å²) in [5, 5.41) is 12.0. The Morgan fingerprint density at radius 3 is 2.83 bits per heavy atom. The van der Waals surface area contributed by atoms with Crippen molar-refractivity contribution in [2.24, 2.45) is 0 Å². The number of fused-ring (bicyclic) bond motifs is 1. The second-order valence-corrected chi connectivity index (χ2v) is 8.71. The van der Waals surface area contributed by atoms with Crippen molar-refractivity contribution < 1.29 is 4.42 Å². The summed E-state index contributed by atoms with van der Waals surface area (Å²) in [4.78, 5) is 19.6. The van der Waals surface area contributed by atoms with Crippen LogP contribution in [-0.2, 0) is 12.3 Å². The van der Waals surface area contributed by atoms with Crippen LogP contribution in [0.3, 0.4) is 0 Å². The number of furan rings is 1. The summed E-state index contributed by atoms with van der Waals surface area (Å²) in [5.74, 6) is 2.55. The second-order valence-electron chi connectivity index (χ2n) is 6.41. The minimum Gasteiger partial charge on any atom is -0.467 e. The smallest absolute Gasteiger partial charge is 0.268 e. The highest BCUT2D eigenvalue weighted by atomic mass is 35.5. The molecule has 0 saturated carbocycles. The topological polar surface area (TPSA) is 89.6 Å². The molecule has 0 aliphatic carbocycles. The van der Waals surface area contributed by atoms with Crippen LogP contribution in [0.2, 0.25) is 5.02 Å². The highest BCUT2D eigenvalue weighted by molar-refractivity contribution is 7.98. The van der Waals surface area contributed by atoms with Crippen LogP contribution in [0.5, 0.6) is 0 Å². The van der Waals surface area contributed by atoms with Gasteiger partial charge in [-0.3, -0.25) is 9.36 Å². The lowest BCUT2D eigenvalue weighted by molar-refractivity contribution is 0.485. The first-order valence-electron chi connectivity index (χ1n) is 8.98. The summed E-state index contributed by atoms with van der Waals surface area (Å²) in [7, 11) is 0. The standard InChI is InChI=1S/C20H14ClN5O2S2/c21-13-5-3-12(4-6-13)18-24-25-20(26(18)10-14-2-1-8-28-14)30-11-16-22-15-7-9-29-17(15)19(27)23-16/h1-9H,10-11H2,(H,22,23,27). The summed E-state index contributed by atoms with van der Waals surface area (Å²) < 4.78 is 8.14. The van der Waals surface area contributed by atoms with Crippen LogP contribution in [0.25, 0.3) is 21.6 Å². The van der Waals surface area contributed by atoms with Crippen LogP contribution in [-0.4, -0.2) is 24.7 Å². The number of thiophene rings is 1. The number of aromatic nitrogens is 5. The number of nitrogens with zero attached hydrogens (tertiary/aromatic N) is 4. The Morgan fingerprint density at radius 1 is 1.17 bits per heavy atom. The summed E-state index contributed by atoms with van der Waals surface area (Å²) in [6, 6.07) is 13.1. The summed E-state index contributed by atoms with van der Waals surface area (Å²) in [6.07, 6.45) is 1.64. The Bertz CT molecular complexity index is 1360. The molecule has 1 aromatic carbocycles. The van der Waals surface area contributed by atoms with Crippen molar-refractivity contribution in [1.29, 1.82) is 0 Å². The number of hydrogen-bond acceptors (Lipinski definition) is 7. The highest BCUT2D eigenvalue weighted by Gasteiger charge is 2.17. The maximum Gasteiger partial charge on any atom is 0.268 e. The number of halogens is 1. The van der Waals surface area contributed by atoms with Crippen molar-refractivity contribution in [3.8, 4) is 11.4 Å². The van der Waals surface area contributed by atoms with E-state index < -0.39 is 0 Å². The molecular formula is C20H14ClN5O2S2. The first kappa shape index (κ1) is 19.1. The van der Waals surface area contributed by atoms with Gasteiger partial charge in [0.15, 0.2) is 11.0 Å². The molecule has 10 heteroatoms. The SMILES string of the molecule is O=c1[nH]c(CSc2nnc(-c3ccc(Cl)cc3)n2Cc2ccco2)nc2ccsc12. The van der Waals surface area contributed by atoms with Crippen molar-refractivity contribution in [2.75, 3.05) is 0 Å². The first-order chi connectivity index (χ1) is 14.7. The fourth-order valence-corrected chi connectivity index (χ4v) is 4.69. The minimum atomic E-state index is -0.121. The fraction of sp³-hybridized carbons (Fsp3) is 0.100. The molecule has 0 aliphatic rings. The minimum absolute atomic E-state index is 0.121. The van der Waals surface area contributed by atoms with E-state index in [4.69, 9.17) is 16.0 Å². The Labute approximate surface area is 183 Å². The molecule has 5 aromatic rings. The summed E-state index contributed by atoms with van der Waals surface area (Å²) in [6.45, 7) is 0.480. The second kappa shape index (κ2) is 8.10. The molecule has 0 radical (unpaired) electrons. The quantitative estimate of drug-likeness (QED) is 0.369. The molecule has 30 heavy (non-hydrogen) atoms. The Hall–Kier alpha value is -2.88. The van der Waals surface area contributed by atoms with Crippen LogP contribution >= 0.6 is 34.7 Å². The number of H-pyrrole nitrogens is 1. The van der Waals surface area contributed by atoms with E-state index in [0.29, 0.717) is 44.3 Å². The predicted molar refractivity (Wildman–Crippen MR) is 118 cm³/mol. The van der Waals surface area contributed by atoms with Crippen LogP contribution in [0.1, 0.15) is 11.6 Å². The van der Waals surface area contributed by atoms with Crippen LogP contribution in [0, 0.1) is 0 Å². The van der Waals surface area contributed by atoms with Crippen molar-refractivity contribution in [2.45, 2.75) is 17.5 Å². The van der Waals surface area contributed by atoms with Crippen molar-refractivity contribution in [3.63, 3.8) is 0 Å². The average Bonchev–Trinajstić information content (AvgIpc) is 3.49. The van der Waals surface area contributed by atoms with Gasteiger partial charge in [-0.15, -0.1) is 21.5 Å². The average molecular weight is 456 g/mol. The number of hydrogen-bond donors (Lipinski definition) is 1. The predicted octanol–water partition coefficient (Wildman–Crippen LogP) is 4.83. The summed E-state index contributed by atoms with van der Waals surface area (Å²) >= 11 is 8.86. The van der Waals surface area contributed by atoms with E-state index in [1.54, 1.807) is 6.26 Å². The van der Waals surface area contributed by atoms with Gasteiger partial charge in [-0.2, -0.15) is 0 Å². The van der Waals surface area contributed by atoms with Crippen LogP contribution < -0.4 is 5.56 Å². The van der Waals surface area contributed by atoms with Gasteiger partial charge in [-0.1, -0.05) is 23.4 Å². The molecule has 1 N–H and O–H groups in total. The molecule has 0 atom stereocenters. The highest BCUT2D eigenvalue weighted by Crippen LogP contribution is 2.28. The van der Waals surface area contributed by atoms with Crippen molar-refractivity contribution >= 4 is 44.9 Å². The molecule has 0 spiro atoms. The monoisotopic (exact) mass is 455 g/mol. The first-order valence-corrected chi connectivity index (χ1v) is 11.2. The lowest BCUT2D eigenvalue weighted by Gasteiger charge is -2.09. The molecule has 0 aliphatic heterocycles. The summed E-state index contributed by atoms with van der Waals surface area (Å²) in [5.41, 5.74) is 1.49. The van der Waals surface area contributed by atoms with Gasteiger partial charge in [0.2, 0.25) is 0 Å². The van der Waals surface area contributed by atoms with Gasteiger partial charge in [0.25, 0.3) is 5.56 Å². The number of aromatic amines is 1. The van der Waals surface area contributed by atoms with E-state index in [9.17, 15) is 4.79 Å². The largest absolute Gasteiger partial charge is 0.467 e. The van der Waals surface area contributed by atoms with Gasteiger partial charge in [0.05, 0.1) is 24.1 Å². The maximum absolute atomic E-state index is 12.2. The number of rotatable bonds is 6. The van der Waals surface area contributed by atoms with E-state index in [2.05, 4.69) is 20.2 Å². The molecule has 0 amide bonds. The molecule has 7 nitrogen and oxygen atoms in total. The van der Waals surface area contributed by atoms with Gasteiger partial charge >= 0.3 is 0 Å². The van der Waals surface area contributed by atoms with Crippen molar-refractivity contribution in [1.82, 2.24) is 24.7 Å². The van der Waals surface area contributed by atoms with E-state index >= 15 is 0 Å². The lowest BCUT2D eigenvalue weighted by Crippen LogP contribution is -2.10. The Morgan fingerprint density at radius 2 is 2.03 bits per heavy atom. The number of benzene rings is 1. The zero-order valence-electron chi connectivity index (χ0n) is 15.4. The molecule has 0 saturated heterocycles. The maximum atomic E-state index is 12.2. The molecule has 4 aromatic heterocycles. The van der Waals surface area contributed by atoms with Gasteiger partial charge in [0.1, 0.15) is 16.3 Å². The van der Waals surface area contributed by atoms with Gasteiger partial charge in [-0.25, -0.2) is 4.98 Å². The zero-order chi connectivity index (χ0) is 20.5. The van der Waals surface area contributed by atoms with Crippen molar-refractivity contribution in [3.05, 3.63) is 81.1 Å². The van der Waals surface area contributed by atoms with Gasteiger partial charge in [0, 0.05) is 10.6 Å². The third-order valence-corrected chi connectivity index (χ3v) is 6.55. The van der Waals surface area contributed by atoms with E-state index in [1.165, 1.54) is 23.1 Å². The normalized spacial score (nSPS) is 11.4. The van der Waals surface area contributed by atoms with Gasteiger partial charge < -0.3 is 9.40 Å². The fourth-order valence-electron chi connectivity index (χ4n) is 3.03.